The average Bonchev–Trinajstić information content (AvgIpc) is 3.18. The third-order valence-corrected chi connectivity index (χ3v) is 9.57. The van der Waals surface area contributed by atoms with Crippen molar-refractivity contribution in [2.45, 2.75) is 65.4 Å². The molecule has 200 valence electrons. The van der Waals surface area contributed by atoms with Gasteiger partial charge >= 0.3 is 0 Å². The lowest BCUT2D eigenvalue weighted by Crippen LogP contribution is -2.29. The number of aromatic nitrogens is 5. The lowest BCUT2D eigenvalue weighted by Gasteiger charge is -2.25. The number of thiocarbonyl (C=S) groups is 1. The Bertz CT molecular complexity index is 1710. The van der Waals surface area contributed by atoms with Crippen LogP contribution in [0.25, 0.3) is 22.2 Å². The van der Waals surface area contributed by atoms with Crippen LogP contribution in [0.5, 0.6) is 0 Å². The first-order chi connectivity index (χ1) is 18.6. The minimum absolute atomic E-state index is 0.161. The summed E-state index contributed by atoms with van der Waals surface area (Å²) in [5.74, 6) is 1.22. The summed E-state index contributed by atoms with van der Waals surface area (Å²) in [5, 5.41) is 17.9. The molecule has 11 heteroatoms. The summed E-state index contributed by atoms with van der Waals surface area (Å²) < 4.78 is 7.16. The third kappa shape index (κ3) is 4.19. The lowest BCUT2D eigenvalue weighted by molar-refractivity contribution is 0.0992. The van der Waals surface area contributed by atoms with E-state index in [1.807, 2.05) is 46.8 Å². The summed E-state index contributed by atoms with van der Waals surface area (Å²) >= 11 is 8.30. The topological polar surface area (TPSA) is 107 Å². The Morgan fingerprint density at radius 3 is 2.26 bits per heavy atom. The zero-order chi connectivity index (χ0) is 27.6. The van der Waals surface area contributed by atoms with E-state index >= 15 is 0 Å². The van der Waals surface area contributed by atoms with Crippen LogP contribution >= 0.6 is 34.9 Å². The number of aliphatic hydroxyl groups is 1. The van der Waals surface area contributed by atoms with E-state index in [0.717, 1.165) is 33.7 Å². The Kier molecular flexibility index (Phi) is 6.37. The van der Waals surface area contributed by atoms with Crippen LogP contribution in [0.4, 0.5) is 0 Å². The number of aryl methyl sites for hydroxylation is 4. The number of nitrogens with zero attached hydrogens (tertiary/aromatic N) is 5. The van der Waals surface area contributed by atoms with Crippen molar-refractivity contribution in [3.8, 4) is 11.1 Å². The van der Waals surface area contributed by atoms with Crippen LogP contribution in [-0.2, 0) is 5.60 Å². The smallest absolute Gasteiger partial charge is 0.270 e. The zero-order valence-corrected chi connectivity index (χ0v) is 24.7. The molecule has 0 radical (unpaired) electrons. The van der Waals surface area contributed by atoms with E-state index in [4.69, 9.17) is 21.7 Å². The summed E-state index contributed by atoms with van der Waals surface area (Å²) in [5.41, 5.74) is 2.20. The molecule has 0 unspecified atom stereocenters. The fourth-order valence-electron chi connectivity index (χ4n) is 4.98. The number of imidazole rings is 1. The summed E-state index contributed by atoms with van der Waals surface area (Å²) in [4.78, 5) is 30.3. The fraction of sp³-hybridized carbons (Fsp3) is 0.357. The highest BCUT2D eigenvalue weighted by molar-refractivity contribution is 7.82. The van der Waals surface area contributed by atoms with Crippen LogP contribution in [0.1, 0.15) is 79.5 Å². The molecule has 1 aliphatic rings. The van der Waals surface area contributed by atoms with Crippen molar-refractivity contribution in [2.24, 2.45) is 0 Å². The van der Waals surface area contributed by atoms with Crippen LogP contribution in [-0.4, -0.2) is 40.6 Å². The lowest BCUT2D eigenvalue weighted by atomic mass is 9.90. The number of hydrogen-bond donors (Lipinski definition) is 1. The first kappa shape index (κ1) is 26.1. The van der Waals surface area contributed by atoms with Crippen molar-refractivity contribution in [1.29, 1.82) is 0 Å². The molecule has 0 saturated heterocycles. The van der Waals surface area contributed by atoms with Crippen LogP contribution in [0.2, 0.25) is 0 Å². The van der Waals surface area contributed by atoms with Crippen LogP contribution < -0.4 is 0 Å². The Morgan fingerprint density at radius 1 is 1.13 bits per heavy atom. The molecule has 0 spiro atoms. The van der Waals surface area contributed by atoms with Gasteiger partial charge in [0.1, 0.15) is 21.6 Å². The van der Waals surface area contributed by atoms with Gasteiger partial charge in [0.25, 0.3) is 5.91 Å². The van der Waals surface area contributed by atoms with Crippen LogP contribution in [0, 0.1) is 27.7 Å². The molecule has 1 fully saturated rings. The second-order valence-corrected chi connectivity index (χ2v) is 13.0. The molecule has 0 bridgehead atoms. The Hall–Kier alpha value is -3.12. The number of rotatable bonds is 7. The highest BCUT2D eigenvalue weighted by Gasteiger charge is 2.44. The number of hydrogen-bond acceptors (Lipinski definition) is 10. The maximum atomic E-state index is 13.7. The number of fused-ring (bicyclic) bond motifs is 1. The number of carbonyl (C=O) groups is 1. The first-order valence-electron chi connectivity index (χ1n) is 12.8. The van der Waals surface area contributed by atoms with Crippen LogP contribution in [0.15, 0.2) is 29.0 Å². The molecule has 8 nitrogen and oxygen atoms in total. The second-order valence-electron chi connectivity index (χ2n) is 10.0. The predicted octanol–water partition coefficient (Wildman–Crippen LogP) is 6.42. The van der Waals surface area contributed by atoms with E-state index in [1.54, 1.807) is 17.0 Å². The quantitative estimate of drug-likeness (QED) is 0.221. The number of carbonyl (C=O) groups excluding carboxylic acids is 1. The molecule has 0 amide bonds. The van der Waals surface area contributed by atoms with E-state index in [-0.39, 0.29) is 11.8 Å². The number of thiazole rings is 2. The first-order valence-corrected chi connectivity index (χ1v) is 14.8. The van der Waals surface area contributed by atoms with Crippen molar-refractivity contribution in [3.63, 3.8) is 0 Å². The maximum absolute atomic E-state index is 13.7. The van der Waals surface area contributed by atoms with E-state index < -0.39 is 5.60 Å². The van der Waals surface area contributed by atoms with Gasteiger partial charge in [-0.1, -0.05) is 24.3 Å². The van der Waals surface area contributed by atoms with Gasteiger partial charge in [0, 0.05) is 39.2 Å². The van der Waals surface area contributed by atoms with Crippen molar-refractivity contribution < 1.29 is 14.4 Å². The molecule has 1 aliphatic carbocycles. The summed E-state index contributed by atoms with van der Waals surface area (Å²) in [6.07, 6.45) is 5.85. The van der Waals surface area contributed by atoms with E-state index in [0.29, 0.717) is 55.2 Å². The molecule has 6 rings (SSSR count). The highest BCUT2D eigenvalue weighted by Crippen LogP contribution is 2.47. The SMILES string of the molecule is CCC(=S)C(=O)n1c(C2CC2)nc2c(C(O)(c3ncc(C)s3)c3ncc(C)s3)cc(-c3c(C)noc3C)cc21. The van der Waals surface area contributed by atoms with Gasteiger partial charge in [0.15, 0.2) is 5.60 Å². The van der Waals surface area contributed by atoms with E-state index in [1.165, 1.54) is 22.7 Å². The molecule has 1 saturated carbocycles. The van der Waals surface area contributed by atoms with E-state index in [2.05, 4.69) is 15.1 Å². The van der Waals surface area contributed by atoms with Crippen molar-refractivity contribution in [1.82, 2.24) is 24.7 Å². The van der Waals surface area contributed by atoms with Gasteiger partial charge in [-0.15, -0.1) is 22.7 Å². The standard InChI is InChI=1S/C28H27N5O3S3/c1-6-21(37)25(34)33-20-10-18(22-15(4)32-36-16(22)5)9-19(23(20)31-24(33)17-7-8-17)28(35,26-29-11-13(2)38-26)27-30-12-14(3)39-27/h9-12,17,35H,6-8H2,1-5H3. The molecule has 1 aromatic carbocycles. The molecular formula is C28H27N5O3S3. The predicted molar refractivity (Wildman–Crippen MR) is 156 cm³/mol. The van der Waals surface area contributed by atoms with Gasteiger partial charge in [0.2, 0.25) is 0 Å². The Morgan fingerprint density at radius 2 is 1.77 bits per heavy atom. The van der Waals surface area contributed by atoms with Gasteiger partial charge in [0.05, 0.1) is 21.6 Å². The van der Waals surface area contributed by atoms with Crippen molar-refractivity contribution in [2.75, 3.05) is 0 Å². The molecule has 4 aromatic heterocycles. The number of benzene rings is 1. The molecule has 39 heavy (non-hydrogen) atoms. The fourth-order valence-corrected chi connectivity index (χ4v) is 6.88. The van der Waals surface area contributed by atoms with Crippen molar-refractivity contribution >= 4 is 56.7 Å². The summed E-state index contributed by atoms with van der Waals surface area (Å²) in [7, 11) is 0. The monoisotopic (exact) mass is 577 g/mol. The third-order valence-electron chi connectivity index (χ3n) is 7.06. The maximum Gasteiger partial charge on any atom is 0.270 e. The average molecular weight is 578 g/mol. The van der Waals surface area contributed by atoms with Crippen LogP contribution in [0.3, 0.4) is 0 Å². The van der Waals surface area contributed by atoms with Gasteiger partial charge in [-0.3, -0.25) is 9.36 Å². The van der Waals surface area contributed by atoms with Gasteiger partial charge in [-0.05, 0) is 64.7 Å². The molecular weight excluding hydrogens is 551 g/mol. The van der Waals surface area contributed by atoms with Crippen molar-refractivity contribution in [3.05, 3.63) is 67.1 Å². The molecule has 4 heterocycles. The van der Waals surface area contributed by atoms with Gasteiger partial charge < -0.3 is 9.63 Å². The minimum atomic E-state index is -1.70. The summed E-state index contributed by atoms with van der Waals surface area (Å²) in [6, 6.07) is 3.85. The molecule has 5 aromatic rings. The van der Waals surface area contributed by atoms with Gasteiger partial charge in [-0.25, -0.2) is 15.0 Å². The molecule has 0 aliphatic heterocycles. The zero-order valence-electron chi connectivity index (χ0n) is 22.2. The Labute approximate surface area is 238 Å². The Balaban J connectivity index is 1.76. The van der Waals surface area contributed by atoms with E-state index in [9.17, 15) is 9.90 Å². The second kappa shape index (κ2) is 9.51. The molecule has 1 N–H and O–H groups in total. The largest absolute Gasteiger partial charge is 0.372 e. The normalized spacial score (nSPS) is 13.9. The minimum Gasteiger partial charge on any atom is -0.372 e. The van der Waals surface area contributed by atoms with Gasteiger partial charge in [-0.2, -0.15) is 0 Å². The molecule has 0 atom stereocenters. The summed E-state index contributed by atoms with van der Waals surface area (Å²) in [6.45, 7) is 9.51. The highest BCUT2D eigenvalue weighted by atomic mass is 32.1.